The highest BCUT2D eigenvalue weighted by Crippen LogP contribution is 2.12. The third-order valence-electron chi connectivity index (χ3n) is 3.85. The summed E-state index contributed by atoms with van der Waals surface area (Å²) < 4.78 is 0. The van der Waals surface area contributed by atoms with E-state index in [-0.39, 0.29) is 11.9 Å². The summed E-state index contributed by atoms with van der Waals surface area (Å²) in [4.78, 5) is 12.2. The van der Waals surface area contributed by atoms with Crippen LogP contribution in [0.15, 0.2) is 18.2 Å². The van der Waals surface area contributed by atoms with Gasteiger partial charge in [-0.15, -0.1) is 0 Å². The molecule has 98 valence electrons. The summed E-state index contributed by atoms with van der Waals surface area (Å²) in [6, 6.07) is 6.47. The number of nitrogens with one attached hydrogen (secondary N) is 2. The molecule has 1 aliphatic rings. The molecule has 1 saturated heterocycles. The van der Waals surface area contributed by atoms with E-state index in [0.717, 1.165) is 30.5 Å². The first-order chi connectivity index (χ1) is 8.58. The number of piperidine rings is 1. The maximum Gasteiger partial charge on any atom is 0.251 e. The van der Waals surface area contributed by atoms with Gasteiger partial charge in [-0.05, 0) is 63.4 Å². The average Bonchev–Trinajstić information content (AvgIpc) is 2.35. The van der Waals surface area contributed by atoms with E-state index in [1.54, 1.807) is 0 Å². The number of hydrogen-bond acceptors (Lipinski definition) is 2. The Morgan fingerprint density at radius 1 is 1.33 bits per heavy atom. The largest absolute Gasteiger partial charge is 0.348 e. The van der Waals surface area contributed by atoms with Gasteiger partial charge in [-0.2, -0.15) is 0 Å². The smallest absolute Gasteiger partial charge is 0.251 e. The summed E-state index contributed by atoms with van der Waals surface area (Å²) in [7, 11) is 0. The lowest BCUT2D eigenvalue weighted by atomic mass is 9.99. The second-order valence-corrected chi connectivity index (χ2v) is 5.26. The molecular weight excluding hydrogens is 224 g/mol. The number of aryl methyl sites for hydroxylation is 2. The topological polar surface area (TPSA) is 41.1 Å². The number of carbonyl (C=O) groups excluding carboxylic acids is 1. The third kappa shape index (κ3) is 2.91. The number of carbonyl (C=O) groups is 1. The van der Waals surface area contributed by atoms with Crippen LogP contribution in [0.4, 0.5) is 0 Å². The maximum atomic E-state index is 12.2. The van der Waals surface area contributed by atoms with E-state index < -0.39 is 0 Å². The van der Waals surface area contributed by atoms with Crippen molar-refractivity contribution in [1.82, 2.24) is 10.6 Å². The Balaban J connectivity index is 2.04. The van der Waals surface area contributed by atoms with Gasteiger partial charge in [0.1, 0.15) is 0 Å². The number of benzene rings is 1. The van der Waals surface area contributed by atoms with Crippen molar-refractivity contribution < 1.29 is 4.79 Å². The molecule has 3 nitrogen and oxygen atoms in total. The van der Waals surface area contributed by atoms with Crippen molar-refractivity contribution in [2.24, 2.45) is 0 Å². The van der Waals surface area contributed by atoms with Gasteiger partial charge in [0.25, 0.3) is 5.91 Å². The predicted octanol–water partition coefficient (Wildman–Crippen LogP) is 2.17. The summed E-state index contributed by atoms with van der Waals surface area (Å²) in [5.74, 6) is 0.0404. The molecule has 2 unspecified atom stereocenters. The second kappa shape index (κ2) is 5.53. The van der Waals surface area contributed by atoms with Crippen LogP contribution in [0, 0.1) is 13.8 Å². The average molecular weight is 246 g/mol. The molecule has 0 aromatic heterocycles. The van der Waals surface area contributed by atoms with E-state index in [1.165, 1.54) is 5.56 Å². The van der Waals surface area contributed by atoms with Crippen LogP contribution in [-0.4, -0.2) is 24.5 Å². The summed E-state index contributed by atoms with van der Waals surface area (Å²) in [6.07, 6.45) is 2.19. The van der Waals surface area contributed by atoms with Crippen LogP contribution in [0.2, 0.25) is 0 Å². The Labute approximate surface area is 109 Å². The van der Waals surface area contributed by atoms with Crippen molar-refractivity contribution in [3.05, 3.63) is 34.9 Å². The van der Waals surface area contributed by atoms with E-state index in [4.69, 9.17) is 0 Å². The lowest BCUT2D eigenvalue weighted by Gasteiger charge is -2.30. The zero-order chi connectivity index (χ0) is 13.1. The Hall–Kier alpha value is -1.35. The molecule has 1 amide bonds. The highest BCUT2D eigenvalue weighted by atomic mass is 16.1. The molecule has 18 heavy (non-hydrogen) atoms. The van der Waals surface area contributed by atoms with E-state index >= 15 is 0 Å². The maximum absolute atomic E-state index is 12.2. The molecule has 0 spiro atoms. The fraction of sp³-hybridized carbons (Fsp3) is 0.533. The molecule has 3 heteroatoms. The molecule has 2 rings (SSSR count). The molecule has 0 radical (unpaired) electrons. The molecule has 1 aromatic carbocycles. The fourth-order valence-corrected chi connectivity index (χ4v) is 2.38. The first-order valence-electron chi connectivity index (χ1n) is 6.69. The van der Waals surface area contributed by atoms with Crippen LogP contribution in [-0.2, 0) is 0 Å². The molecule has 2 N–H and O–H groups in total. The van der Waals surface area contributed by atoms with Crippen molar-refractivity contribution in [3.63, 3.8) is 0 Å². The normalized spacial score (nSPS) is 23.7. The zero-order valence-corrected chi connectivity index (χ0v) is 11.4. The first-order valence-corrected chi connectivity index (χ1v) is 6.69. The van der Waals surface area contributed by atoms with E-state index in [2.05, 4.69) is 24.5 Å². The molecule has 0 bridgehead atoms. The molecular formula is C15H22N2O. The standard InChI is InChI=1S/C15H22N2O/c1-10-6-7-13(9-11(10)2)15(18)17-14-5-4-8-16-12(14)3/h6-7,9,12,14,16H,4-5,8H2,1-3H3,(H,17,18). The summed E-state index contributed by atoms with van der Waals surface area (Å²) in [5.41, 5.74) is 3.15. The van der Waals surface area contributed by atoms with Gasteiger partial charge in [-0.25, -0.2) is 0 Å². The third-order valence-corrected chi connectivity index (χ3v) is 3.85. The van der Waals surface area contributed by atoms with Gasteiger partial charge in [-0.3, -0.25) is 4.79 Å². The minimum absolute atomic E-state index is 0.0404. The monoisotopic (exact) mass is 246 g/mol. The van der Waals surface area contributed by atoms with Gasteiger partial charge in [0, 0.05) is 17.6 Å². The summed E-state index contributed by atoms with van der Waals surface area (Å²) >= 11 is 0. The number of rotatable bonds is 2. The molecule has 1 aromatic rings. The summed E-state index contributed by atoms with van der Waals surface area (Å²) in [5, 5.41) is 6.52. The van der Waals surface area contributed by atoms with Gasteiger partial charge in [-0.1, -0.05) is 6.07 Å². The van der Waals surface area contributed by atoms with Crippen LogP contribution in [0.5, 0.6) is 0 Å². The molecule has 1 aliphatic heterocycles. The molecule has 2 atom stereocenters. The van der Waals surface area contributed by atoms with Crippen LogP contribution in [0.1, 0.15) is 41.3 Å². The van der Waals surface area contributed by atoms with Gasteiger partial charge in [0.2, 0.25) is 0 Å². The molecule has 1 fully saturated rings. The lowest BCUT2D eigenvalue weighted by Crippen LogP contribution is -2.51. The minimum atomic E-state index is 0.0404. The Kier molecular flexibility index (Phi) is 4.02. The predicted molar refractivity (Wildman–Crippen MR) is 73.9 cm³/mol. The van der Waals surface area contributed by atoms with Crippen LogP contribution in [0.25, 0.3) is 0 Å². The number of hydrogen-bond donors (Lipinski definition) is 2. The Morgan fingerprint density at radius 2 is 2.11 bits per heavy atom. The van der Waals surface area contributed by atoms with Gasteiger partial charge in [0.05, 0.1) is 0 Å². The van der Waals surface area contributed by atoms with Crippen molar-refractivity contribution in [2.45, 2.75) is 45.7 Å². The first kappa shape index (κ1) is 13.1. The van der Waals surface area contributed by atoms with E-state index in [1.807, 2.05) is 25.1 Å². The minimum Gasteiger partial charge on any atom is -0.348 e. The zero-order valence-electron chi connectivity index (χ0n) is 11.4. The Bertz CT molecular complexity index is 442. The summed E-state index contributed by atoms with van der Waals surface area (Å²) in [6.45, 7) is 7.28. The quantitative estimate of drug-likeness (QED) is 0.839. The van der Waals surface area contributed by atoms with Crippen LogP contribution < -0.4 is 10.6 Å². The van der Waals surface area contributed by atoms with Gasteiger partial charge in [0.15, 0.2) is 0 Å². The van der Waals surface area contributed by atoms with Crippen molar-refractivity contribution >= 4 is 5.91 Å². The van der Waals surface area contributed by atoms with E-state index in [9.17, 15) is 4.79 Å². The van der Waals surface area contributed by atoms with E-state index in [0.29, 0.717) is 6.04 Å². The van der Waals surface area contributed by atoms with Crippen LogP contribution in [0.3, 0.4) is 0 Å². The van der Waals surface area contributed by atoms with Gasteiger partial charge < -0.3 is 10.6 Å². The van der Waals surface area contributed by atoms with Crippen molar-refractivity contribution in [3.8, 4) is 0 Å². The van der Waals surface area contributed by atoms with Crippen LogP contribution >= 0.6 is 0 Å². The lowest BCUT2D eigenvalue weighted by molar-refractivity contribution is 0.0920. The molecule has 0 aliphatic carbocycles. The second-order valence-electron chi connectivity index (χ2n) is 5.26. The highest BCUT2D eigenvalue weighted by molar-refractivity contribution is 5.94. The number of amides is 1. The van der Waals surface area contributed by atoms with Crippen molar-refractivity contribution in [2.75, 3.05) is 6.54 Å². The molecule has 1 heterocycles. The van der Waals surface area contributed by atoms with Gasteiger partial charge >= 0.3 is 0 Å². The highest BCUT2D eigenvalue weighted by Gasteiger charge is 2.22. The Morgan fingerprint density at radius 3 is 2.78 bits per heavy atom. The fourth-order valence-electron chi connectivity index (χ4n) is 2.38. The van der Waals surface area contributed by atoms with Crippen molar-refractivity contribution in [1.29, 1.82) is 0 Å². The molecule has 0 saturated carbocycles. The SMILES string of the molecule is Cc1ccc(C(=O)NC2CCCNC2C)cc1C.